The molecular formula is C16H24FNO3. The molecule has 21 heavy (non-hydrogen) atoms. The van der Waals surface area contributed by atoms with Crippen LogP contribution in [0.25, 0.3) is 0 Å². The number of rotatable bonds is 8. The van der Waals surface area contributed by atoms with Crippen LogP contribution in [-0.2, 0) is 9.53 Å². The standard InChI is InChI=1S/C16H24FNO3/c1-5-14(16(19)20-7-3)21-15-9-8-12(10-13(15)17)11(4)18-6-2/h8-11,14,18H,5-7H2,1-4H3. The van der Waals surface area contributed by atoms with Crippen LogP contribution in [0.1, 0.15) is 45.7 Å². The Bertz CT molecular complexity index is 465. The number of benzene rings is 1. The van der Waals surface area contributed by atoms with Gasteiger partial charge in [-0.3, -0.25) is 0 Å². The summed E-state index contributed by atoms with van der Waals surface area (Å²) < 4.78 is 24.4. The predicted molar refractivity (Wildman–Crippen MR) is 79.8 cm³/mol. The van der Waals surface area contributed by atoms with E-state index in [0.717, 1.165) is 12.1 Å². The van der Waals surface area contributed by atoms with Crippen LogP contribution < -0.4 is 10.1 Å². The molecule has 0 aliphatic carbocycles. The molecular weight excluding hydrogens is 273 g/mol. The average molecular weight is 297 g/mol. The van der Waals surface area contributed by atoms with Crippen LogP contribution in [0.3, 0.4) is 0 Å². The lowest BCUT2D eigenvalue weighted by molar-refractivity contribution is -0.151. The maximum atomic E-state index is 14.1. The molecule has 0 aromatic heterocycles. The summed E-state index contributed by atoms with van der Waals surface area (Å²) in [5.74, 6) is -0.869. The Balaban J connectivity index is 2.82. The van der Waals surface area contributed by atoms with Crippen molar-refractivity contribution in [2.75, 3.05) is 13.2 Å². The van der Waals surface area contributed by atoms with E-state index in [4.69, 9.17) is 9.47 Å². The molecule has 0 heterocycles. The zero-order valence-electron chi connectivity index (χ0n) is 13.1. The highest BCUT2D eigenvalue weighted by Gasteiger charge is 2.21. The summed E-state index contributed by atoms with van der Waals surface area (Å²) in [6.45, 7) is 8.56. The second-order valence-electron chi connectivity index (χ2n) is 4.74. The fourth-order valence-electron chi connectivity index (χ4n) is 1.99. The molecule has 118 valence electrons. The summed E-state index contributed by atoms with van der Waals surface area (Å²) in [5.41, 5.74) is 0.839. The zero-order chi connectivity index (χ0) is 15.8. The van der Waals surface area contributed by atoms with E-state index in [2.05, 4.69) is 5.32 Å². The van der Waals surface area contributed by atoms with Gasteiger partial charge in [-0.2, -0.15) is 0 Å². The Morgan fingerprint density at radius 3 is 2.57 bits per heavy atom. The van der Waals surface area contributed by atoms with E-state index in [1.807, 2.05) is 13.8 Å². The minimum Gasteiger partial charge on any atom is -0.476 e. The minimum atomic E-state index is -0.781. The Kier molecular flexibility index (Phi) is 7.15. The van der Waals surface area contributed by atoms with Gasteiger partial charge in [0.15, 0.2) is 17.7 Å². The first-order valence-corrected chi connectivity index (χ1v) is 7.39. The third-order valence-electron chi connectivity index (χ3n) is 3.16. The molecule has 1 rings (SSSR count). The minimum absolute atomic E-state index is 0.0607. The molecule has 0 radical (unpaired) electrons. The summed E-state index contributed by atoms with van der Waals surface area (Å²) in [6.07, 6.45) is -0.357. The van der Waals surface area contributed by atoms with Crippen LogP contribution in [-0.4, -0.2) is 25.2 Å². The number of hydrogen-bond acceptors (Lipinski definition) is 4. The van der Waals surface area contributed by atoms with Crippen LogP contribution in [0.4, 0.5) is 4.39 Å². The Hall–Kier alpha value is -1.62. The SMILES string of the molecule is CCNC(C)c1ccc(OC(CC)C(=O)OCC)c(F)c1. The molecule has 4 nitrogen and oxygen atoms in total. The van der Waals surface area contributed by atoms with Crippen molar-refractivity contribution in [3.8, 4) is 5.75 Å². The number of carbonyl (C=O) groups excluding carboxylic acids is 1. The summed E-state index contributed by atoms with van der Waals surface area (Å²) in [7, 11) is 0. The molecule has 1 aromatic rings. The largest absolute Gasteiger partial charge is 0.476 e. The molecule has 0 saturated carbocycles. The van der Waals surface area contributed by atoms with Crippen molar-refractivity contribution in [1.82, 2.24) is 5.32 Å². The lowest BCUT2D eigenvalue weighted by Gasteiger charge is -2.18. The van der Waals surface area contributed by atoms with E-state index in [1.165, 1.54) is 6.07 Å². The van der Waals surface area contributed by atoms with E-state index in [-0.39, 0.29) is 18.4 Å². The Morgan fingerprint density at radius 1 is 1.33 bits per heavy atom. The Labute approximate surface area is 125 Å². The number of carbonyl (C=O) groups is 1. The maximum absolute atomic E-state index is 14.1. The summed E-state index contributed by atoms with van der Waals surface area (Å²) >= 11 is 0. The fraction of sp³-hybridized carbons (Fsp3) is 0.562. The fourth-order valence-corrected chi connectivity index (χ4v) is 1.99. The van der Waals surface area contributed by atoms with Gasteiger partial charge in [0.25, 0.3) is 0 Å². The number of nitrogens with one attached hydrogen (secondary N) is 1. The van der Waals surface area contributed by atoms with Crippen molar-refractivity contribution in [2.24, 2.45) is 0 Å². The van der Waals surface area contributed by atoms with Crippen LogP contribution in [0.2, 0.25) is 0 Å². The van der Waals surface area contributed by atoms with Crippen LogP contribution in [0.5, 0.6) is 5.75 Å². The van der Waals surface area contributed by atoms with Gasteiger partial charge in [0.2, 0.25) is 0 Å². The molecule has 0 amide bonds. The van der Waals surface area contributed by atoms with E-state index < -0.39 is 17.9 Å². The number of hydrogen-bond donors (Lipinski definition) is 1. The first-order chi connectivity index (χ1) is 10.0. The molecule has 0 aliphatic rings. The van der Waals surface area contributed by atoms with E-state index >= 15 is 0 Å². The monoisotopic (exact) mass is 297 g/mol. The van der Waals surface area contributed by atoms with Crippen molar-refractivity contribution in [3.63, 3.8) is 0 Å². The van der Waals surface area contributed by atoms with E-state index in [0.29, 0.717) is 6.42 Å². The lowest BCUT2D eigenvalue weighted by Crippen LogP contribution is -2.29. The van der Waals surface area contributed by atoms with Crippen molar-refractivity contribution >= 4 is 5.97 Å². The lowest BCUT2D eigenvalue weighted by atomic mass is 10.1. The van der Waals surface area contributed by atoms with Crippen LogP contribution in [0, 0.1) is 5.82 Å². The van der Waals surface area contributed by atoms with Gasteiger partial charge < -0.3 is 14.8 Å². The van der Waals surface area contributed by atoms with Crippen molar-refractivity contribution < 1.29 is 18.7 Å². The second-order valence-corrected chi connectivity index (χ2v) is 4.74. The van der Waals surface area contributed by atoms with Gasteiger partial charge >= 0.3 is 5.97 Å². The van der Waals surface area contributed by atoms with Gasteiger partial charge in [0.1, 0.15) is 0 Å². The topological polar surface area (TPSA) is 47.6 Å². The molecule has 0 saturated heterocycles. The first kappa shape index (κ1) is 17.4. The van der Waals surface area contributed by atoms with Crippen molar-refractivity contribution in [2.45, 2.75) is 46.3 Å². The molecule has 0 spiro atoms. The van der Waals surface area contributed by atoms with Crippen molar-refractivity contribution in [3.05, 3.63) is 29.6 Å². The van der Waals surface area contributed by atoms with Gasteiger partial charge in [-0.25, -0.2) is 9.18 Å². The van der Waals surface area contributed by atoms with Gasteiger partial charge in [0, 0.05) is 6.04 Å². The first-order valence-electron chi connectivity index (χ1n) is 7.39. The zero-order valence-corrected chi connectivity index (χ0v) is 13.1. The summed E-state index contributed by atoms with van der Waals surface area (Å²) in [6, 6.07) is 4.84. The van der Waals surface area contributed by atoms with Gasteiger partial charge in [-0.1, -0.05) is 19.9 Å². The highest BCUT2D eigenvalue weighted by atomic mass is 19.1. The van der Waals surface area contributed by atoms with Gasteiger partial charge in [0.05, 0.1) is 6.61 Å². The van der Waals surface area contributed by atoms with Gasteiger partial charge in [-0.05, 0) is 44.5 Å². The highest BCUT2D eigenvalue weighted by molar-refractivity contribution is 5.75. The third kappa shape index (κ3) is 5.01. The predicted octanol–water partition coefficient (Wildman–Crippen LogP) is 3.22. The smallest absolute Gasteiger partial charge is 0.347 e. The molecule has 0 bridgehead atoms. The van der Waals surface area contributed by atoms with Gasteiger partial charge in [-0.15, -0.1) is 0 Å². The maximum Gasteiger partial charge on any atom is 0.347 e. The number of halogens is 1. The van der Waals surface area contributed by atoms with Crippen molar-refractivity contribution in [1.29, 1.82) is 0 Å². The van der Waals surface area contributed by atoms with Crippen LogP contribution >= 0.6 is 0 Å². The molecule has 2 unspecified atom stereocenters. The molecule has 0 aliphatic heterocycles. The molecule has 1 aromatic carbocycles. The number of esters is 1. The number of ether oxygens (including phenoxy) is 2. The molecule has 2 atom stereocenters. The quantitative estimate of drug-likeness (QED) is 0.748. The second kappa shape index (κ2) is 8.62. The summed E-state index contributed by atoms with van der Waals surface area (Å²) in [5, 5.41) is 3.21. The normalized spacial score (nSPS) is 13.6. The summed E-state index contributed by atoms with van der Waals surface area (Å²) in [4.78, 5) is 11.7. The molecule has 5 heteroatoms. The van der Waals surface area contributed by atoms with E-state index in [9.17, 15) is 9.18 Å². The Morgan fingerprint density at radius 2 is 2.05 bits per heavy atom. The van der Waals surface area contributed by atoms with Crippen LogP contribution in [0.15, 0.2) is 18.2 Å². The molecule has 1 N–H and O–H groups in total. The third-order valence-corrected chi connectivity index (χ3v) is 3.16. The highest BCUT2D eigenvalue weighted by Crippen LogP contribution is 2.23. The average Bonchev–Trinajstić information content (AvgIpc) is 2.46. The van der Waals surface area contributed by atoms with E-state index in [1.54, 1.807) is 26.0 Å². The molecule has 0 fully saturated rings.